The molecule has 2 aromatic rings. The standard InChI is InChI=1S/C16H16O3/c17-15(10-8-13-5-2-1-3-6-13)16(18)11-9-14-7-4-12-19-14/h1-7,9,11-12,15,17H,8,10H2/b11-9+/t15-/m1/s1. The zero-order valence-corrected chi connectivity index (χ0v) is 10.5. The molecule has 0 amide bonds. The summed E-state index contributed by atoms with van der Waals surface area (Å²) in [6, 6.07) is 13.3. The minimum absolute atomic E-state index is 0.299. The van der Waals surface area contributed by atoms with Gasteiger partial charge in [0.25, 0.3) is 0 Å². The van der Waals surface area contributed by atoms with Gasteiger partial charge in [0.05, 0.1) is 6.26 Å². The van der Waals surface area contributed by atoms with Gasteiger partial charge in [-0.15, -0.1) is 0 Å². The number of hydrogen-bond acceptors (Lipinski definition) is 3. The summed E-state index contributed by atoms with van der Waals surface area (Å²) in [7, 11) is 0. The van der Waals surface area contributed by atoms with Gasteiger partial charge < -0.3 is 9.52 Å². The fourth-order valence-electron chi connectivity index (χ4n) is 1.75. The molecule has 0 aliphatic heterocycles. The first-order valence-electron chi connectivity index (χ1n) is 6.23. The molecular formula is C16H16O3. The minimum atomic E-state index is -0.966. The van der Waals surface area contributed by atoms with Gasteiger partial charge in [-0.3, -0.25) is 4.79 Å². The topological polar surface area (TPSA) is 50.4 Å². The Balaban J connectivity index is 1.83. The van der Waals surface area contributed by atoms with Crippen molar-refractivity contribution in [1.29, 1.82) is 0 Å². The number of rotatable bonds is 6. The van der Waals surface area contributed by atoms with E-state index in [1.165, 1.54) is 12.3 Å². The Kier molecular flexibility index (Phi) is 4.70. The first-order valence-corrected chi connectivity index (χ1v) is 6.23. The van der Waals surface area contributed by atoms with Crippen LogP contribution in [0.3, 0.4) is 0 Å². The van der Waals surface area contributed by atoms with Gasteiger partial charge in [-0.25, -0.2) is 0 Å². The van der Waals surface area contributed by atoms with Crippen LogP contribution in [0.2, 0.25) is 0 Å². The Bertz CT molecular complexity index is 526. The summed E-state index contributed by atoms with van der Waals surface area (Å²) in [5, 5.41) is 9.78. The molecule has 1 heterocycles. The van der Waals surface area contributed by atoms with Gasteiger partial charge in [0, 0.05) is 0 Å². The molecule has 0 spiro atoms. The van der Waals surface area contributed by atoms with Crippen molar-refractivity contribution in [3.05, 3.63) is 66.1 Å². The number of ketones is 1. The van der Waals surface area contributed by atoms with Gasteiger partial charge in [-0.1, -0.05) is 30.3 Å². The molecule has 1 atom stereocenters. The molecule has 1 aromatic carbocycles. The normalized spacial score (nSPS) is 12.7. The summed E-state index contributed by atoms with van der Waals surface area (Å²) in [5.74, 6) is 0.302. The lowest BCUT2D eigenvalue weighted by molar-refractivity contribution is -0.122. The average Bonchev–Trinajstić information content (AvgIpc) is 2.96. The molecule has 3 heteroatoms. The molecule has 0 aliphatic rings. The van der Waals surface area contributed by atoms with Crippen molar-refractivity contribution in [3.63, 3.8) is 0 Å². The zero-order chi connectivity index (χ0) is 13.5. The van der Waals surface area contributed by atoms with Crippen LogP contribution in [0, 0.1) is 0 Å². The Morgan fingerprint density at radius 3 is 2.68 bits per heavy atom. The van der Waals surface area contributed by atoms with Crippen molar-refractivity contribution in [3.8, 4) is 0 Å². The smallest absolute Gasteiger partial charge is 0.184 e. The van der Waals surface area contributed by atoms with E-state index in [1.807, 2.05) is 30.3 Å². The van der Waals surface area contributed by atoms with Crippen molar-refractivity contribution in [1.82, 2.24) is 0 Å². The fourth-order valence-corrected chi connectivity index (χ4v) is 1.75. The van der Waals surface area contributed by atoms with Crippen LogP contribution in [-0.2, 0) is 11.2 Å². The molecule has 0 aliphatic carbocycles. The molecule has 0 saturated heterocycles. The average molecular weight is 256 g/mol. The van der Waals surface area contributed by atoms with E-state index in [9.17, 15) is 9.90 Å². The summed E-state index contributed by atoms with van der Waals surface area (Å²) in [6.45, 7) is 0. The van der Waals surface area contributed by atoms with Gasteiger partial charge in [0.15, 0.2) is 5.78 Å². The molecule has 0 unspecified atom stereocenters. The SMILES string of the molecule is O=C(/C=C/c1ccco1)[C@H](O)CCc1ccccc1. The third kappa shape index (κ3) is 4.23. The van der Waals surface area contributed by atoms with E-state index in [0.29, 0.717) is 18.6 Å². The molecule has 0 saturated carbocycles. The number of benzene rings is 1. The number of aliphatic hydroxyl groups excluding tert-OH is 1. The maximum absolute atomic E-state index is 11.7. The molecule has 1 aromatic heterocycles. The van der Waals surface area contributed by atoms with Gasteiger partial charge in [0.1, 0.15) is 11.9 Å². The van der Waals surface area contributed by atoms with Crippen molar-refractivity contribution >= 4 is 11.9 Å². The number of aryl methyl sites for hydroxylation is 1. The maximum atomic E-state index is 11.7. The highest BCUT2D eigenvalue weighted by Gasteiger charge is 2.11. The van der Waals surface area contributed by atoms with E-state index in [-0.39, 0.29) is 5.78 Å². The van der Waals surface area contributed by atoms with Crippen molar-refractivity contribution in [2.24, 2.45) is 0 Å². The van der Waals surface area contributed by atoms with Crippen LogP contribution in [0.1, 0.15) is 17.7 Å². The summed E-state index contributed by atoms with van der Waals surface area (Å²) >= 11 is 0. The second-order valence-electron chi connectivity index (χ2n) is 4.29. The van der Waals surface area contributed by atoms with Gasteiger partial charge in [0.2, 0.25) is 0 Å². The summed E-state index contributed by atoms with van der Waals surface area (Å²) < 4.78 is 5.07. The van der Waals surface area contributed by atoms with Gasteiger partial charge in [-0.2, -0.15) is 0 Å². The quantitative estimate of drug-likeness (QED) is 0.808. The van der Waals surface area contributed by atoms with Crippen LogP contribution in [0.25, 0.3) is 6.08 Å². The fraction of sp³-hybridized carbons (Fsp3) is 0.188. The van der Waals surface area contributed by atoms with Crippen molar-refractivity contribution in [2.45, 2.75) is 18.9 Å². The van der Waals surface area contributed by atoms with E-state index in [2.05, 4.69) is 0 Å². The second-order valence-corrected chi connectivity index (χ2v) is 4.29. The molecule has 0 radical (unpaired) electrons. The molecule has 3 nitrogen and oxygen atoms in total. The van der Waals surface area contributed by atoms with Crippen LogP contribution >= 0.6 is 0 Å². The molecule has 19 heavy (non-hydrogen) atoms. The van der Waals surface area contributed by atoms with Crippen molar-refractivity contribution in [2.75, 3.05) is 0 Å². The monoisotopic (exact) mass is 256 g/mol. The summed E-state index contributed by atoms with van der Waals surface area (Å²) in [5.41, 5.74) is 1.12. The molecule has 2 rings (SSSR count). The minimum Gasteiger partial charge on any atom is -0.465 e. The molecule has 0 fully saturated rings. The predicted molar refractivity (Wildman–Crippen MR) is 73.5 cm³/mol. The van der Waals surface area contributed by atoms with Crippen LogP contribution in [0.4, 0.5) is 0 Å². The largest absolute Gasteiger partial charge is 0.465 e. The molecule has 0 bridgehead atoms. The highest BCUT2D eigenvalue weighted by atomic mass is 16.3. The Hall–Kier alpha value is -2.13. The van der Waals surface area contributed by atoms with Crippen molar-refractivity contribution < 1.29 is 14.3 Å². The maximum Gasteiger partial charge on any atom is 0.184 e. The highest BCUT2D eigenvalue weighted by molar-refractivity contribution is 5.96. The molecule has 98 valence electrons. The third-order valence-electron chi connectivity index (χ3n) is 2.83. The first kappa shape index (κ1) is 13.3. The van der Waals surface area contributed by atoms with E-state index < -0.39 is 6.10 Å². The van der Waals surface area contributed by atoms with Crippen LogP contribution < -0.4 is 0 Å². The molecular weight excluding hydrogens is 240 g/mol. The Morgan fingerprint density at radius 2 is 2.00 bits per heavy atom. The lowest BCUT2D eigenvalue weighted by Crippen LogP contribution is -2.18. The van der Waals surface area contributed by atoms with Gasteiger partial charge in [-0.05, 0) is 42.7 Å². The second kappa shape index (κ2) is 6.71. The van der Waals surface area contributed by atoms with Gasteiger partial charge >= 0.3 is 0 Å². The van der Waals surface area contributed by atoms with Crippen LogP contribution in [0.5, 0.6) is 0 Å². The van der Waals surface area contributed by atoms with Crippen LogP contribution in [0.15, 0.2) is 59.2 Å². The number of furan rings is 1. The highest BCUT2D eigenvalue weighted by Crippen LogP contribution is 2.07. The Morgan fingerprint density at radius 1 is 1.21 bits per heavy atom. The Labute approximate surface area is 112 Å². The predicted octanol–water partition coefficient (Wildman–Crippen LogP) is 2.86. The van der Waals surface area contributed by atoms with E-state index in [4.69, 9.17) is 4.42 Å². The lowest BCUT2D eigenvalue weighted by Gasteiger charge is -2.06. The number of hydrogen-bond donors (Lipinski definition) is 1. The van der Waals surface area contributed by atoms with E-state index in [1.54, 1.807) is 18.2 Å². The lowest BCUT2D eigenvalue weighted by atomic mass is 10.0. The molecule has 1 N–H and O–H groups in total. The van der Waals surface area contributed by atoms with E-state index in [0.717, 1.165) is 5.56 Å². The third-order valence-corrected chi connectivity index (χ3v) is 2.83. The summed E-state index contributed by atoms with van der Waals surface area (Å²) in [6.07, 6.45) is 4.60. The summed E-state index contributed by atoms with van der Waals surface area (Å²) in [4.78, 5) is 11.7. The first-order chi connectivity index (χ1) is 9.25. The number of carbonyl (C=O) groups excluding carboxylic acids is 1. The zero-order valence-electron chi connectivity index (χ0n) is 10.5. The van der Waals surface area contributed by atoms with E-state index >= 15 is 0 Å². The number of aliphatic hydroxyl groups is 1. The van der Waals surface area contributed by atoms with Crippen LogP contribution in [-0.4, -0.2) is 17.0 Å². The number of carbonyl (C=O) groups is 1.